The van der Waals surface area contributed by atoms with E-state index in [1.54, 1.807) is 13.1 Å². The van der Waals surface area contributed by atoms with Gasteiger partial charge in [0.2, 0.25) is 5.91 Å². The Labute approximate surface area is 165 Å². The Hall–Kier alpha value is -3.10. The molecular formula is C20H20F3N3O3. The Bertz CT molecular complexity index is 844. The van der Waals surface area contributed by atoms with Gasteiger partial charge in [-0.25, -0.2) is 0 Å². The van der Waals surface area contributed by atoms with Crippen LogP contribution in [0.25, 0.3) is 0 Å². The number of ether oxygens (including phenoxy) is 1. The van der Waals surface area contributed by atoms with Gasteiger partial charge in [0.25, 0.3) is 0 Å². The second kappa shape index (κ2) is 8.93. The number of rotatable bonds is 7. The average Bonchev–Trinajstić information content (AvgIpc) is 3.21. The van der Waals surface area contributed by atoms with Crippen molar-refractivity contribution >= 4 is 12.1 Å². The number of halogens is 3. The lowest BCUT2D eigenvalue weighted by molar-refractivity contribution is -0.153. The van der Waals surface area contributed by atoms with Crippen LogP contribution < -0.4 is 10.1 Å². The first kappa shape index (κ1) is 20.6. The molecule has 2 atom stereocenters. The van der Waals surface area contributed by atoms with Crippen molar-refractivity contribution in [2.24, 2.45) is 5.16 Å². The fraction of sp³-hybridized carbons (Fsp3) is 0.350. The lowest BCUT2D eigenvalue weighted by Crippen LogP contribution is -2.28. The normalized spacial score (nSPS) is 16.9. The van der Waals surface area contributed by atoms with Gasteiger partial charge in [-0.05, 0) is 30.2 Å². The number of carbonyl (C=O) groups excluding carboxylic acids is 1. The van der Waals surface area contributed by atoms with E-state index in [1.165, 1.54) is 18.3 Å². The number of alkyl halides is 3. The van der Waals surface area contributed by atoms with Gasteiger partial charge in [0.1, 0.15) is 5.75 Å². The standard InChI is InChI=1S/C20H20F3N3O3/c1-13(17-7-6-16(11-24-17)28-12-20(21,22)23)26-19(27)10-14-2-4-15(5-3-14)18-8-9-25-29-18/h2-7,9,11,13,18H,8,10,12H2,1H3,(H,26,27)/t13-,18?/m1/s1. The molecule has 0 fully saturated rings. The van der Waals surface area contributed by atoms with E-state index in [9.17, 15) is 18.0 Å². The molecule has 154 valence electrons. The van der Waals surface area contributed by atoms with Gasteiger partial charge in [-0.3, -0.25) is 9.78 Å². The van der Waals surface area contributed by atoms with Gasteiger partial charge in [0.05, 0.1) is 24.4 Å². The summed E-state index contributed by atoms with van der Waals surface area (Å²) in [6.45, 7) is 0.371. The third-order valence-corrected chi connectivity index (χ3v) is 4.28. The SMILES string of the molecule is C[C@@H](NC(=O)Cc1ccc(C2CC=NO2)cc1)c1ccc(OCC(F)(F)F)cn1. The van der Waals surface area contributed by atoms with E-state index in [0.717, 1.165) is 17.5 Å². The second-order valence-electron chi connectivity index (χ2n) is 6.65. The highest BCUT2D eigenvalue weighted by Gasteiger charge is 2.28. The molecule has 1 aliphatic heterocycles. The Balaban J connectivity index is 1.49. The Kier molecular flexibility index (Phi) is 6.36. The van der Waals surface area contributed by atoms with Crippen molar-refractivity contribution in [3.05, 3.63) is 59.4 Å². The minimum absolute atomic E-state index is 0.0151. The van der Waals surface area contributed by atoms with Crippen LogP contribution in [0.15, 0.2) is 47.8 Å². The Morgan fingerprint density at radius 1 is 1.28 bits per heavy atom. The summed E-state index contributed by atoms with van der Waals surface area (Å²) < 4.78 is 41.1. The van der Waals surface area contributed by atoms with Gasteiger partial charge >= 0.3 is 6.18 Å². The molecule has 2 aromatic rings. The van der Waals surface area contributed by atoms with Gasteiger partial charge < -0.3 is 14.9 Å². The topological polar surface area (TPSA) is 72.8 Å². The van der Waals surface area contributed by atoms with E-state index in [-0.39, 0.29) is 24.2 Å². The van der Waals surface area contributed by atoms with Gasteiger partial charge in [0.15, 0.2) is 12.7 Å². The molecule has 1 amide bonds. The number of carbonyl (C=O) groups is 1. The summed E-state index contributed by atoms with van der Waals surface area (Å²) in [4.78, 5) is 21.6. The molecule has 1 N–H and O–H groups in total. The number of amides is 1. The highest BCUT2D eigenvalue weighted by atomic mass is 19.4. The van der Waals surface area contributed by atoms with Crippen LogP contribution in [-0.4, -0.2) is 29.9 Å². The molecule has 1 aromatic carbocycles. The van der Waals surface area contributed by atoms with Crippen LogP contribution in [0.4, 0.5) is 13.2 Å². The smallest absolute Gasteiger partial charge is 0.422 e. The number of benzene rings is 1. The molecule has 0 radical (unpaired) electrons. The molecule has 1 aromatic heterocycles. The van der Waals surface area contributed by atoms with Crippen molar-refractivity contribution in [1.82, 2.24) is 10.3 Å². The zero-order chi connectivity index (χ0) is 20.9. The van der Waals surface area contributed by atoms with Crippen molar-refractivity contribution < 1.29 is 27.5 Å². The number of aromatic nitrogens is 1. The van der Waals surface area contributed by atoms with E-state index in [4.69, 9.17) is 4.84 Å². The number of hydrogen-bond acceptors (Lipinski definition) is 5. The lowest BCUT2D eigenvalue weighted by Gasteiger charge is -2.15. The molecule has 3 rings (SSSR count). The molecule has 2 heterocycles. The molecule has 0 spiro atoms. The highest BCUT2D eigenvalue weighted by Crippen LogP contribution is 2.24. The maximum atomic E-state index is 12.3. The maximum Gasteiger partial charge on any atom is 0.422 e. The first-order chi connectivity index (χ1) is 13.8. The van der Waals surface area contributed by atoms with Gasteiger partial charge in [0, 0.05) is 12.6 Å². The number of pyridine rings is 1. The maximum absolute atomic E-state index is 12.3. The minimum Gasteiger partial charge on any atom is -0.483 e. The first-order valence-electron chi connectivity index (χ1n) is 9.01. The molecule has 0 aliphatic carbocycles. The zero-order valence-corrected chi connectivity index (χ0v) is 15.6. The molecule has 1 aliphatic rings. The van der Waals surface area contributed by atoms with Crippen molar-refractivity contribution in [1.29, 1.82) is 0 Å². The van der Waals surface area contributed by atoms with E-state index in [1.807, 2.05) is 24.3 Å². The molecule has 1 unspecified atom stereocenters. The van der Waals surface area contributed by atoms with Crippen LogP contribution in [0, 0.1) is 0 Å². The highest BCUT2D eigenvalue weighted by molar-refractivity contribution is 5.79. The first-order valence-corrected chi connectivity index (χ1v) is 9.01. The summed E-state index contributed by atoms with van der Waals surface area (Å²) in [5.74, 6) is -0.175. The predicted octanol–water partition coefficient (Wildman–Crippen LogP) is 3.89. The van der Waals surface area contributed by atoms with Gasteiger partial charge in [-0.1, -0.05) is 29.4 Å². The molecule has 6 nitrogen and oxygen atoms in total. The van der Waals surface area contributed by atoms with Crippen LogP contribution in [0.3, 0.4) is 0 Å². The largest absolute Gasteiger partial charge is 0.483 e. The quantitative estimate of drug-likeness (QED) is 0.756. The fourth-order valence-electron chi connectivity index (χ4n) is 2.80. The summed E-state index contributed by atoms with van der Waals surface area (Å²) in [7, 11) is 0. The van der Waals surface area contributed by atoms with Crippen LogP contribution in [0.2, 0.25) is 0 Å². The van der Waals surface area contributed by atoms with Gasteiger partial charge in [-0.15, -0.1) is 0 Å². The van der Waals surface area contributed by atoms with Crippen LogP contribution in [0.1, 0.15) is 42.3 Å². The van der Waals surface area contributed by atoms with Crippen molar-refractivity contribution in [2.45, 2.75) is 38.1 Å². The third kappa shape index (κ3) is 6.20. The van der Waals surface area contributed by atoms with E-state index < -0.39 is 18.8 Å². The van der Waals surface area contributed by atoms with Gasteiger partial charge in [-0.2, -0.15) is 13.2 Å². The van der Waals surface area contributed by atoms with Crippen LogP contribution in [-0.2, 0) is 16.1 Å². The number of nitrogens with one attached hydrogen (secondary N) is 1. The third-order valence-electron chi connectivity index (χ3n) is 4.28. The molecule has 0 saturated carbocycles. The summed E-state index contributed by atoms with van der Waals surface area (Å²) in [6.07, 6.45) is -0.639. The monoisotopic (exact) mass is 407 g/mol. The predicted molar refractivity (Wildman–Crippen MR) is 99.4 cm³/mol. The van der Waals surface area contributed by atoms with E-state index in [2.05, 4.69) is 20.2 Å². The number of nitrogens with zero attached hydrogens (tertiary/aromatic N) is 2. The summed E-state index contributed by atoms with van der Waals surface area (Å²) in [5, 5.41) is 6.57. The Morgan fingerprint density at radius 3 is 2.62 bits per heavy atom. The average molecular weight is 407 g/mol. The zero-order valence-electron chi connectivity index (χ0n) is 15.6. The number of oxime groups is 1. The number of hydrogen-bond donors (Lipinski definition) is 1. The van der Waals surface area contributed by atoms with Crippen LogP contribution in [0.5, 0.6) is 5.75 Å². The van der Waals surface area contributed by atoms with Crippen LogP contribution >= 0.6 is 0 Å². The summed E-state index contributed by atoms with van der Waals surface area (Å²) >= 11 is 0. The molecule has 9 heteroatoms. The summed E-state index contributed by atoms with van der Waals surface area (Å²) in [5.41, 5.74) is 2.37. The van der Waals surface area contributed by atoms with Crippen molar-refractivity contribution in [3.63, 3.8) is 0 Å². The van der Waals surface area contributed by atoms with E-state index >= 15 is 0 Å². The molecule has 0 bridgehead atoms. The second-order valence-corrected chi connectivity index (χ2v) is 6.65. The fourth-order valence-corrected chi connectivity index (χ4v) is 2.80. The van der Waals surface area contributed by atoms with E-state index in [0.29, 0.717) is 5.69 Å². The van der Waals surface area contributed by atoms with Crippen molar-refractivity contribution in [2.75, 3.05) is 6.61 Å². The molecule has 0 saturated heterocycles. The Morgan fingerprint density at radius 2 is 2.03 bits per heavy atom. The van der Waals surface area contributed by atoms with Crippen molar-refractivity contribution in [3.8, 4) is 5.75 Å². The minimum atomic E-state index is -4.41. The molecular weight excluding hydrogens is 387 g/mol. The summed E-state index contributed by atoms with van der Waals surface area (Å²) in [6, 6.07) is 10.1. The lowest BCUT2D eigenvalue weighted by atomic mass is 10.0. The molecule has 29 heavy (non-hydrogen) atoms.